The third-order valence-electron chi connectivity index (χ3n) is 3.76. The van der Waals surface area contributed by atoms with Crippen LogP contribution in [0.2, 0.25) is 0 Å². The largest absolute Gasteiger partial charge is 0.229 e. The van der Waals surface area contributed by atoms with E-state index in [4.69, 9.17) is 0 Å². The van der Waals surface area contributed by atoms with E-state index in [1.165, 1.54) is 6.42 Å². The Balaban J connectivity index is 1.87. The summed E-state index contributed by atoms with van der Waals surface area (Å²) >= 11 is 0. The molecule has 0 unspecified atom stereocenters. The molecule has 7 heteroatoms. The van der Waals surface area contributed by atoms with Gasteiger partial charge in [0, 0.05) is 6.04 Å². The summed E-state index contributed by atoms with van der Waals surface area (Å²) in [6, 6.07) is -0.413. The maximum absolute atomic E-state index is 12.0. The van der Waals surface area contributed by atoms with Gasteiger partial charge in [0.05, 0.1) is 17.3 Å². The van der Waals surface area contributed by atoms with Crippen LogP contribution in [0.3, 0.4) is 0 Å². The normalized spacial score (nSPS) is 29.4. The molecule has 106 valence electrons. The molecule has 1 N–H and O–H groups in total. The van der Waals surface area contributed by atoms with Gasteiger partial charge in [0.2, 0.25) is 10.0 Å². The van der Waals surface area contributed by atoms with Crippen LogP contribution in [0.4, 0.5) is 0 Å². The minimum atomic E-state index is -3.33. The lowest BCUT2D eigenvalue weighted by atomic mass is 9.91. The van der Waals surface area contributed by atoms with Crippen molar-refractivity contribution in [2.24, 2.45) is 5.92 Å². The van der Waals surface area contributed by atoms with Crippen molar-refractivity contribution in [2.75, 3.05) is 17.3 Å². The highest BCUT2D eigenvalue weighted by atomic mass is 32.2. The molecule has 1 aliphatic heterocycles. The first kappa shape index (κ1) is 14.3. The fraction of sp³-hybridized carbons (Fsp3) is 1.00. The maximum Gasteiger partial charge on any atom is 0.212 e. The molecule has 0 radical (unpaired) electrons. The third kappa shape index (κ3) is 4.20. The lowest BCUT2D eigenvalue weighted by molar-refractivity contribution is 0.383. The van der Waals surface area contributed by atoms with Gasteiger partial charge in [0.1, 0.15) is 0 Å². The van der Waals surface area contributed by atoms with Crippen LogP contribution in [0, 0.1) is 5.92 Å². The van der Waals surface area contributed by atoms with Crippen LogP contribution in [0.15, 0.2) is 0 Å². The predicted molar refractivity (Wildman–Crippen MR) is 70.6 cm³/mol. The summed E-state index contributed by atoms with van der Waals surface area (Å²) < 4.78 is 49.0. The summed E-state index contributed by atoms with van der Waals surface area (Å²) in [6.07, 6.45) is 5.78. The van der Waals surface area contributed by atoms with Gasteiger partial charge in [-0.2, -0.15) is 0 Å². The summed E-state index contributed by atoms with van der Waals surface area (Å²) in [5.74, 6) is 0.457. The molecular formula is C11H21NO4S2. The molecule has 1 saturated heterocycles. The third-order valence-corrected chi connectivity index (χ3v) is 7.13. The number of hydrogen-bond acceptors (Lipinski definition) is 4. The zero-order chi connectivity index (χ0) is 13.2. The molecule has 1 aliphatic carbocycles. The number of sulfone groups is 1. The Morgan fingerprint density at radius 1 is 1.06 bits per heavy atom. The predicted octanol–water partition coefficient (Wildman–Crippen LogP) is 0.673. The van der Waals surface area contributed by atoms with Crippen LogP contribution in [0.25, 0.3) is 0 Å². The van der Waals surface area contributed by atoms with Crippen LogP contribution in [0.1, 0.15) is 38.5 Å². The van der Waals surface area contributed by atoms with E-state index < -0.39 is 25.9 Å². The van der Waals surface area contributed by atoms with Crippen molar-refractivity contribution in [3.63, 3.8) is 0 Å². The number of nitrogens with one attached hydrogen (secondary N) is 1. The van der Waals surface area contributed by atoms with Gasteiger partial charge in [0.25, 0.3) is 0 Å². The first-order valence-corrected chi connectivity index (χ1v) is 10.0. The van der Waals surface area contributed by atoms with Crippen molar-refractivity contribution < 1.29 is 16.8 Å². The first-order chi connectivity index (χ1) is 8.36. The van der Waals surface area contributed by atoms with Crippen molar-refractivity contribution in [1.29, 1.82) is 0 Å². The van der Waals surface area contributed by atoms with Crippen LogP contribution < -0.4 is 4.72 Å². The van der Waals surface area contributed by atoms with Gasteiger partial charge in [-0.05, 0) is 25.2 Å². The van der Waals surface area contributed by atoms with E-state index >= 15 is 0 Å². The molecule has 0 aromatic heterocycles. The minimum Gasteiger partial charge on any atom is -0.229 e. The Bertz CT molecular complexity index is 477. The standard InChI is InChI=1S/C11H21NO4S2/c13-17(14)7-6-11(9-17)12-18(15,16)8-10-4-2-1-3-5-10/h10-12H,1-9H2/t11-/m0/s1. The van der Waals surface area contributed by atoms with Crippen molar-refractivity contribution in [1.82, 2.24) is 4.72 Å². The highest BCUT2D eigenvalue weighted by Crippen LogP contribution is 2.25. The Labute approximate surface area is 109 Å². The van der Waals surface area contributed by atoms with Gasteiger partial charge in [-0.15, -0.1) is 0 Å². The second-order valence-corrected chi connectivity index (χ2v) is 9.53. The molecule has 0 aromatic carbocycles. The molecule has 1 heterocycles. The lowest BCUT2D eigenvalue weighted by Gasteiger charge is -2.22. The minimum absolute atomic E-state index is 0.0447. The zero-order valence-corrected chi connectivity index (χ0v) is 12.1. The van der Waals surface area contributed by atoms with Crippen molar-refractivity contribution >= 4 is 19.9 Å². The second-order valence-electron chi connectivity index (χ2n) is 5.50. The van der Waals surface area contributed by atoms with Crippen molar-refractivity contribution in [3.05, 3.63) is 0 Å². The lowest BCUT2D eigenvalue weighted by Crippen LogP contribution is -2.39. The average molecular weight is 295 g/mol. The molecule has 2 aliphatic rings. The second kappa shape index (κ2) is 5.46. The molecular weight excluding hydrogens is 274 g/mol. The molecule has 1 saturated carbocycles. The van der Waals surface area contributed by atoms with E-state index in [1.807, 2.05) is 0 Å². The Kier molecular flexibility index (Phi) is 4.33. The molecule has 18 heavy (non-hydrogen) atoms. The Hall–Kier alpha value is -0.140. The molecule has 2 fully saturated rings. The molecule has 0 spiro atoms. The van der Waals surface area contributed by atoms with Gasteiger partial charge in [-0.1, -0.05) is 19.3 Å². The van der Waals surface area contributed by atoms with Gasteiger partial charge in [0.15, 0.2) is 9.84 Å². The van der Waals surface area contributed by atoms with Gasteiger partial charge in [-0.3, -0.25) is 0 Å². The maximum atomic E-state index is 12.0. The fourth-order valence-corrected chi connectivity index (χ4v) is 6.39. The van der Waals surface area contributed by atoms with Crippen LogP contribution >= 0.6 is 0 Å². The van der Waals surface area contributed by atoms with Crippen molar-refractivity contribution in [2.45, 2.75) is 44.6 Å². The van der Waals surface area contributed by atoms with Crippen molar-refractivity contribution in [3.8, 4) is 0 Å². The van der Waals surface area contributed by atoms with E-state index in [1.54, 1.807) is 0 Å². The van der Waals surface area contributed by atoms with Gasteiger partial charge >= 0.3 is 0 Å². The van der Waals surface area contributed by atoms with Crippen LogP contribution in [-0.2, 0) is 19.9 Å². The van der Waals surface area contributed by atoms with Gasteiger partial charge in [-0.25, -0.2) is 21.6 Å². The molecule has 0 bridgehead atoms. The zero-order valence-electron chi connectivity index (χ0n) is 10.5. The molecule has 5 nitrogen and oxygen atoms in total. The number of sulfonamides is 1. The average Bonchev–Trinajstić information content (AvgIpc) is 2.57. The smallest absolute Gasteiger partial charge is 0.212 e. The summed E-state index contributed by atoms with van der Waals surface area (Å²) in [5, 5.41) is 0. The topological polar surface area (TPSA) is 80.3 Å². The van der Waals surface area contributed by atoms with E-state index in [-0.39, 0.29) is 23.2 Å². The molecule has 0 amide bonds. The van der Waals surface area contributed by atoms with E-state index in [2.05, 4.69) is 4.72 Å². The monoisotopic (exact) mass is 295 g/mol. The van der Waals surface area contributed by atoms with Crippen LogP contribution in [0.5, 0.6) is 0 Å². The summed E-state index contributed by atoms with van der Waals surface area (Å²) in [5.41, 5.74) is 0. The molecule has 1 atom stereocenters. The van der Waals surface area contributed by atoms with E-state index in [0.717, 1.165) is 25.7 Å². The summed E-state index contributed by atoms with van der Waals surface area (Å²) in [4.78, 5) is 0. The van der Waals surface area contributed by atoms with Crippen LogP contribution in [-0.4, -0.2) is 40.1 Å². The van der Waals surface area contributed by atoms with E-state index in [9.17, 15) is 16.8 Å². The highest BCUT2D eigenvalue weighted by Gasteiger charge is 2.31. The Morgan fingerprint density at radius 2 is 1.72 bits per heavy atom. The highest BCUT2D eigenvalue weighted by molar-refractivity contribution is 7.92. The summed E-state index contributed by atoms with van der Waals surface area (Å²) in [6.45, 7) is 0. The van der Waals surface area contributed by atoms with E-state index in [0.29, 0.717) is 6.42 Å². The molecule has 0 aromatic rings. The molecule has 2 rings (SSSR count). The summed E-state index contributed by atoms with van der Waals surface area (Å²) in [7, 11) is -6.36. The Morgan fingerprint density at radius 3 is 2.28 bits per heavy atom. The first-order valence-electron chi connectivity index (χ1n) is 6.57. The fourth-order valence-electron chi connectivity index (χ4n) is 2.85. The SMILES string of the molecule is O=S1(=O)CC[C@H](NS(=O)(=O)CC2CCCCC2)C1. The quantitative estimate of drug-likeness (QED) is 0.827. The number of rotatable bonds is 4. The van der Waals surface area contributed by atoms with Gasteiger partial charge < -0.3 is 0 Å². The number of hydrogen-bond donors (Lipinski definition) is 1.